The number of hydrogen-bond acceptors (Lipinski definition) is 4. The third-order valence-electron chi connectivity index (χ3n) is 2.71. The van der Waals surface area contributed by atoms with Gasteiger partial charge in [0.1, 0.15) is 0 Å². The van der Waals surface area contributed by atoms with Crippen LogP contribution in [-0.4, -0.2) is 13.4 Å². The topological polar surface area (TPSA) is 79.0 Å². The van der Waals surface area contributed by atoms with Crippen LogP contribution >= 0.6 is 22.9 Å². The number of halogens is 1. The fourth-order valence-corrected chi connectivity index (χ4v) is 4.53. The zero-order chi connectivity index (χ0) is 14.9. The zero-order valence-corrected chi connectivity index (χ0v) is 13.2. The predicted octanol–water partition coefficient (Wildman–Crippen LogP) is 2.44. The molecule has 5 nitrogen and oxygen atoms in total. The molecule has 1 atom stereocenters. The number of hydrogen-bond donors (Lipinski definition) is 2. The molecule has 2 rings (SSSR count). The Morgan fingerprint density at radius 2 is 2.10 bits per heavy atom. The SMILES string of the molecule is Cc1[nH]c(=O)sc1S(=O)(=O)NC(C)c1cccc(Cl)c1. The normalized spacial score (nSPS) is 13.3. The van der Waals surface area contributed by atoms with E-state index in [0.717, 1.165) is 5.56 Å². The monoisotopic (exact) mass is 332 g/mol. The van der Waals surface area contributed by atoms with Gasteiger partial charge in [-0.1, -0.05) is 35.1 Å². The highest BCUT2D eigenvalue weighted by molar-refractivity contribution is 7.91. The summed E-state index contributed by atoms with van der Waals surface area (Å²) in [6, 6.07) is 6.50. The molecule has 2 N–H and O–H groups in total. The smallest absolute Gasteiger partial charge is 0.305 e. The summed E-state index contributed by atoms with van der Waals surface area (Å²) in [7, 11) is -3.74. The molecule has 108 valence electrons. The van der Waals surface area contributed by atoms with Gasteiger partial charge in [0.25, 0.3) is 10.0 Å². The van der Waals surface area contributed by atoms with Crippen molar-refractivity contribution in [2.45, 2.75) is 24.1 Å². The maximum atomic E-state index is 12.2. The zero-order valence-electron chi connectivity index (χ0n) is 10.8. The quantitative estimate of drug-likeness (QED) is 0.902. The van der Waals surface area contributed by atoms with Gasteiger partial charge in [-0.2, -0.15) is 0 Å². The van der Waals surface area contributed by atoms with Gasteiger partial charge < -0.3 is 4.98 Å². The summed E-state index contributed by atoms with van der Waals surface area (Å²) in [4.78, 5) is 13.3. The molecule has 1 aromatic heterocycles. The van der Waals surface area contributed by atoms with Crippen molar-refractivity contribution in [3.8, 4) is 0 Å². The summed E-state index contributed by atoms with van der Waals surface area (Å²) >= 11 is 6.56. The predicted molar refractivity (Wildman–Crippen MR) is 79.9 cm³/mol. The Hall–Kier alpha value is -1.15. The minimum atomic E-state index is -3.74. The number of rotatable bonds is 4. The number of H-pyrrole nitrogens is 1. The molecule has 0 radical (unpaired) electrons. The van der Waals surface area contributed by atoms with Crippen LogP contribution in [0.15, 0.2) is 33.3 Å². The highest BCUT2D eigenvalue weighted by Gasteiger charge is 2.23. The van der Waals surface area contributed by atoms with Crippen LogP contribution in [0.2, 0.25) is 5.02 Å². The standard InChI is InChI=1S/C12H13ClN2O3S2/c1-7(9-4-3-5-10(13)6-9)15-20(17,18)11-8(2)14-12(16)19-11/h3-7,15H,1-2H3,(H,14,16). The first-order chi connectivity index (χ1) is 9.29. The second-order valence-electron chi connectivity index (χ2n) is 4.32. The van der Waals surface area contributed by atoms with Crippen LogP contribution in [0.25, 0.3) is 0 Å². The summed E-state index contributed by atoms with van der Waals surface area (Å²) in [5, 5.41) is 0.538. The van der Waals surface area contributed by atoms with Gasteiger partial charge in [-0.25, -0.2) is 13.1 Å². The van der Waals surface area contributed by atoms with Crippen LogP contribution in [0.3, 0.4) is 0 Å². The molecule has 1 heterocycles. The van der Waals surface area contributed by atoms with E-state index in [-0.39, 0.29) is 4.21 Å². The summed E-state index contributed by atoms with van der Waals surface area (Å²) in [6.45, 7) is 3.27. The molecule has 1 unspecified atom stereocenters. The molecule has 0 saturated carbocycles. The third kappa shape index (κ3) is 3.29. The van der Waals surface area contributed by atoms with Gasteiger partial charge in [0.15, 0.2) is 4.21 Å². The minimum absolute atomic E-state index is 0.0105. The molecule has 8 heteroatoms. The molecule has 0 amide bonds. The first-order valence-electron chi connectivity index (χ1n) is 5.77. The molecule has 0 saturated heterocycles. The Balaban J connectivity index is 2.29. The van der Waals surface area contributed by atoms with Gasteiger partial charge in [0.05, 0.1) is 0 Å². The number of thiazole rings is 1. The maximum absolute atomic E-state index is 12.2. The van der Waals surface area contributed by atoms with Crippen molar-refractivity contribution in [2.75, 3.05) is 0 Å². The fourth-order valence-electron chi connectivity index (χ4n) is 1.78. The van der Waals surface area contributed by atoms with Gasteiger partial charge >= 0.3 is 4.87 Å². The lowest BCUT2D eigenvalue weighted by atomic mass is 10.1. The lowest BCUT2D eigenvalue weighted by Gasteiger charge is -2.14. The Morgan fingerprint density at radius 3 is 2.65 bits per heavy atom. The molecule has 0 spiro atoms. The van der Waals surface area contributed by atoms with Crippen molar-refractivity contribution in [3.63, 3.8) is 0 Å². The molecule has 1 aromatic carbocycles. The highest BCUT2D eigenvalue weighted by atomic mass is 35.5. The van der Waals surface area contributed by atoms with Gasteiger partial charge in [0.2, 0.25) is 0 Å². The largest absolute Gasteiger partial charge is 0.315 e. The molecule has 0 fully saturated rings. The Kier molecular flexibility index (Phi) is 4.33. The summed E-state index contributed by atoms with van der Waals surface area (Å²) in [5.41, 5.74) is 1.09. The summed E-state index contributed by atoms with van der Waals surface area (Å²) < 4.78 is 27.0. The first kappa shape index (κ1) is 15.2. The van der Waals surface area contributed by atoms with Crippen molar-refractivity contribution >= 4 is 33.0 Å². The Morgan fingerprint density at radius 1 is 1.40 bits per heavy atom. The number of sulfonamides is 1. The Bertz CT molecular complexity index is 780. The van der Waals surface area contributed by atoms with Crippen LogP contribution < -0.4 is 9.60 Å². The van der Waals surface area contributed by atoms with Gasteiger partial charge in [-0.3, -0.25) is 4.79 Å². The number of nitrogens with one attached hydrogen (secondary N) is 2. The van der Waals surface area contributed by atoms with E-state index >= 15 is 0 Å². The lowest BCUT2D eigenvalue weighted by Crippen LogP contribution is -2.26. The lowest BCUT2D eigenvalue weighted by molar-refractivity contribution is 0.568. The second-order valence-corrected chi connectivity index (χ2v) is 7.65. The van der Waals surface area contributed by atoms with E-state index < -0.39 is 20.9 Å². The highest BCUT2D eigenvalue weighted by Crippen LogP contribution is 2.22. The van der Waals surface area contributed by atoms with E-state index in [9.17, 15) is 13.2 Å². The van der Waals surface area contributed by atoms with E-state index in [2.05, 4.69) is 9.71 Å². The second kappa shape index (κ2) is 5.69. The van der Waals surface area contributed by atoms with Crippen LogP contribution in [0.1, 0.15) is 24.2 Å². The van der Waals surface area contributed by atoms with Crippen molar-refractivity contribution in [1.29, 1.82) is 0 Å². The van der Waals surface area contributed by atoms with E-state index in [1.807, 2.05) is 0 Å². The summed E-state index contributed by atoms with van der Waals surface area (Å²) in [6.07, 6.45) is 0. The molecular weight excluding hydrogens is 320 g/mol. The fraction of sp³-hybridized carbons (Fsp3) is 0.250. The van der Waals surface area contributed by atoms with Gasteiger partial charge in [0, 0.05) is 16.8 Å². The van der Waals surface area contributed by atoms with Crippen molar-refractivity contribution < 1.29 is 8.42 Å². The molecular formula is C12H13ClN2O3S2. The van der Waals surface area contributed by atoms with Crippen molar-refractivity contribution in [3.05, 3.63) is 50.2 Å². The maximum Gasteiger partial charge on any atom is 0.305 e. The molecule has 0 aliphatic carbocycles. The first-order valence-corrected chi connectivity index (χ1v) is 8.45. The summed E-state index contributed by atoms with van der Waals surface area (Å²) in [5.74, 6) is 0. The number of aromatic amines is 1. The molecule has 20 heavy (non-hydrogen) atoms. The van der Waals surface area contributed by atoms with E-state index in [1.165, 1.54) is 0 Å². The van der Waals surface area contributed by atoms with Crippen LogP contribution in [0.4, 0.5) is 0 Å². The number of aryl methyl sites for hydroxylation is 1. The van der Waals surface area contributed by atoms with Crippen molar-refractivity contribution in [1.82, 2.24) is 9.71 Å². The molecule has 0 bridgehead atoms. The van der Waals surface area contributed by atoms with Crippen molar-refractivity contribution in [2.24, 2.45) is 0 Å². The Labute approximate surface area is 125 Å². The molecule has 0 aliphatic rings. The average Bonchev–Trinajstić information content (AvgIpc) is 2.69. The average molecular weight is 333 g/mol. The van der Waals surface area contributed by atoms with Crippen LogP contribution in [0.5, 0.6) is 0 Å². The number of aromatic nitrogens is 1. The third-order valence-corrected chi connectivity index (χ3v) is 6.09. The van der Waals surface area contributed by atoms with Gasteiger partial charge in [-0.05, 0) is 31.5 Å². The number of benzene rings is 1. The molecule has 0 aliphatic heterocycles. The minimum Gasteiger partial charge on any atom is -0.315 e. The van der Waals surface area contributed by atoms with Crippen LogP contribution in [0, 0.1) is 6.92 Å². The molecule has 2 aromatic rings. The van der Waals surface area contributed by atoms with E-state index in [0.29, 0.717) is 22.1 Å². The van der Waals surface area contributed by atoms with Gasteiger partial charge in [-0.15, -0.1) is 0 Å². The van der Waals surface area contributed by atoms with E-state index in [1.54, 1.807) is 38.1 Å². The van der Waals surface area contributed by atoms with Crippen LogP contribution in [-0.2, 0) is 10.0 Å². The van der Waals surface area contributed by atoms with E-state index in [4.69, 9.17) is 11.6 Å².